The SMILES string of the molecule is CCN(CC)C(=O)c1ccc([C@@H]2CCCN2)cc1. The molecule has 1 aliphatic heterocycles. The Morgan fingerprint density at radius 1 is 1.28 bits per heavy atom. The highest BCUT2D eigenvalue weighted by molar-refractivity contribution is 5.94. The molecule has 0 radical (unpaired) electrons. The van der Waals surface area contributed by atoms with Crippen LogP contribution in [0.5, 0.6) is 0 Å². The van der Waals surface area contributed by atoms with Crippen LogP contribution in [0.1, 0.15) is 48.7 Å². The van der Waals surface area contributed by atoms with Gasteiger partial charge in [-0.1, -0.05) is 12.1 Å². The fourth-order valence-corrected chi connectivity index (χ4v) is 2.52. The van der Waals surface area contributed by atoms with Gasteiger partial charge >= 0.3 is 0 Å². The maximum atomic E-state index is 12.1. The number of hydrogen-bond acceptors (Lipinski definition) is 2. The monoisotopic (exact) mass is 246 g/mol. The number of rotatable bonds is 4. The summed E-state index contributed by atoms with van der Waals surface area (Å²) >= 11 is 0. The van der Waals surface area contributed by atoms with Gasteiger partial charge in [-0.25, -0.2) is 0 Å². The van der Waals surface area contributed by atoms with Crippen molar-refractivity contribution in [3.63, 3.8) is 0 Å². The first-order chi connectivity index (χ1) is 8.76. The lowest BCUT2D eigenvalue weighted by atomic mass is 10.0. The minimum Gasteiger partial charge on any atom is -0.339 e. The molecule has 0 spiro atoms. The molecule has 1 saturated heterocycles. The van der Waals surface area contributed by atoms with Gasteiger partial charge in [0.05, 0.1) is 0 Å². The summed E-state index contributed by atoms with van der Waals surface area (Å²) in [5.74, 6) is 0.130. The lowest BCUT2D eigenvalue weighted by Crippen LogP contribution is -2.30. The molecule has 0 saturated carbocycles. The van der Waals surface area contributed by atoms with Crippen LogP contribution in [0.4, 0.5) is 0 Å². The van der Waals surface area contributed by atoms with E-state index in [0.29, 0.717) is 6.04 Å². The lowest BCUT2D eigenvalue weighted by molar-refractivity contribution is 0.0773. The Labute approximate surface area is 109 Å². The zero-order valence-electron chi connectivity index (χ0n) is 11.3. The van der Waals surface area contributed by atoms with E-state index in [2.05, 4.69) is 17.4 Å². The number of nitrogens with zero attached hydrogens (tertiary/aromatic N) is 1. The van der Waals surface area contributed by atoms with Crippen LogP contribution in [-0.2, 0) is 0 Å². The molecule has 0 bridgehead atoms. The summed E-state index contributed by atoms with van der Waals surface area (Å²) in [6.45, 7) is 6.66. The molecule has 1 aliphatic rings. The van der Waals surface area contributed by atoms with Crippen LogP contribution < -0.4 is 5.32 Å². The van der Waals surface area contributed by atoms with Gasteiger partial charge in [0.1, 0.15) is 0 Å². The van der Waals surface area contributed by atoms with E-state index in [0.717, 1.165) is 25.2 Å². The third kappa shape index (κ3) is 2.72. The van der Waals surface area contributed by atoms with Crippen LogP contribution in [0.25, 0.3) is 0 Å². The number of nitrogens with one attached hydrogen (secondary N) is 1. The van der Waals surface area contributed by atoms with Crippen molar-refractivity contribution in [2.75, 3.05) is 19.6 Å². The molecular formula is C15H22N2O. The molecule has 0 aliphatic carbocycles. The number of carbonyl (C=O) groups excluding carboxylic acids is 1. The molecule has 1 fully saturated rings. The summed E-state index contributed by atoms with van der Waals surface area (Å²) in [7, 11) is 0. The van der Waals surface area contributed by atoms with E-state index in [1.165, 1.54) is 18.4 Å². The lowest BCUT2D eigenvalue weighted by Gasteiger charge is -2.19. The fraction of sp³-hybridized carbons (Fsp3) is 0.533. The second-order valence-corrected chi connectivity index (χ2v) is 4.75. The molecule has 1 aromatic carbocycles. The number of carbonyl (C=O) groups is 1. The molecule has 98 valence electrons. The summed E-state index contributed by atoms with van der Waals surface area (Å²) in [5, 5.41) is 3.47. The Hall–Kier alpha value is -1.35. The largest absolute Gasteiger partial charge is 0.339 e. The Morgan fingerprint density at radius 3 is 2.44 bits per heavy atom. The Kier molecular flexibility index (Phi) is 4.37. The first-order valence-electron chi connectivity index (χ1n) is 6.88. The highest BCUT2D eigenvalue weighted by Gasteiger charge is 2.17. The van der Waals surface area contributed by atoms with Crippen LogP contribution in [-0.4, -0.2) is 30.4 Å². The van der Waals surface area contributed by atoms with Gasteiger partial charge in [0.25, 0.3) is 5.91 Å². The number of hydrogen-bond donors (Lipinski definition) is 1. The zero-order chi connectivity index (χ0) is 13.0. The van der Waals surface area contributed by atoms with Gasteiger partial charge in [-0.3, -0.25) is 4.79 Å². The first-order valence-corrected chi connectivity index (χ1v) is 6.88. The molecule has 0 unspecified atom stereocenters. The van der Waals surface area contributed by atoms with Gasteiger partial charge in [-0.05, 0) is 50.9 Å². The van der Waals surface area contributed by atoms with Crippen LogP contribution in [0, 0.1) is 0 Å². The van der Waals surface area contributed by atoms with Gasteiger partial charge in [-0.15, -0.1) is 0 Å². The van der Waals surface area contributed by atoms with Crippen molar-refractivity contribution in [3.8, 4) is 0 Å². The molecule has 1 atom stereocenters. The Morgan fingerprint density at radius 2 is 1.94 bits per heavy atom. The van der Waals surface area contributed by atoms with Crippen molar-refractivity contribution in [1.29, 1.82) is 0 Å². The van der Waals surface area contributed by atoms with Crippen LogP contribution in [0.15, 0.2) is 24.3 Å². The summed E-state index contributed by atoms with van der Waals surface area (Å²) in [6.07, 6.45) is 2.44. The van der Waals surface area contributed by atoms with Gasteiger partial charge in [0.2, 0.25) is 0 Å². The fourth-order valence-electron chi connectivity index (χ4n) is 2.52. The van der Waals surface area contributed by atoms with Gasteiger partial charge < -0.3 is 10.2 Å². The molecule has 3 heteroatoms. The van der Waals surface area contributed by atoms with E-state index < -0.39 is 0 Å². The minimum absolute atomic E-state index is 0.130. The van der Waals surface area contributed by atoms with Crippen molar-refractivity contribution in [1.82, 2.24) is 10.2 Å². The molecule has 2 rings (SSSR count). The van der Waals surface area contributed by atoms with Gasteiger partial charge in [0, 0.05) is 24.7 Å². The summed E-state index contributed by atoms with van der Waals surface area (Å²) in [5.41, 5.74) is 2.09. The van der Waals surface area contributed by atoms with Gasteiger partial charge in [-0.2, -0.15) is 0 Å². The molecule has 1 aromatic rings. The number of amides is 1. The van der Waals surface area contributed by atoms with Crippen molar-refractivity contribution in [2.45, 2.75) is 32.7 Å². The summed E-state index contributed by atoms with van der Waals surface area (Å²) < 4.78 is 0. The van der Waals surface area contributed by atoms with Crippen molar-refractivity contribution in [3.05, 3.63) is 35.4 Å². The van der Waals surface area contributed by atoms with Crippen molar-refractivity contribution < 1.29 is 4.79 Å². The highest BCUT2D eigenvalue weighted by Crippen LogP contribution is 2.23. The third-order valence-corrected chi connectivity index (χ3v) is 3.67. The van der Waals surface area contributed by atoms with Crippen molar-refractivity contribution in [2.24, 2.45) is 0 Å². The quantitative estimate of drug-likeness (QED) is 0.885. The molecular weight excluding hydrogens is 224 g/mol. The molecule has 18 heavy (non-hydrogen) atoms. The Balaban J connectivity index is 2.09. The first kappa shape index (κ1) is 13.1. The summed E-state index contributed by atoms with van der Waals surface area (Å²) in [6, 6.07) is 8.55. The van der Waals surface area contributed by atoms with E-state index in [9.17, 15) is 4.79 Å². The maximum absolute atomic E-state index is 12.1. The summed E-state index contributed by atoms with van der Waals surface area (Å²) in [4.78, 5) is 14.0. The van der Waals surface area contributed by atoms with Crippen molar-refractivity contribution >= 4 is 5.91 Å². The van der Waals surface area contributed by atoms with E-state index in [4.69, 9.17) is 0 Å². The van der Waals surface area contributed by atoms with Gasteiger partial charge in [0.15, 0.2) is 0 Å². The second-order valence-electron chi connectivity index (χ2n) is 4.75. The molecule has 1 heterocycles. The third-order valence-electron chi connectivity index (χ3n) is 3.67. The topological polar surface area (TPSA) is 32.3 Å². The highest BCUT2D eigenvalue weighted by atomic mass is 16.2. The van der Waals surface area contributed by atoms with E-state index >= 15 is 0 Å². The van der Waals surface area contributed by atoms with Crippen LogP contribution >= 0.6 is 0 Å². The zero-order valence-corrected chi connectivity index (χ0v) is 11.3. The normalized spacial score (nSPS) is 18.9. The average Bonchev–Trinajstić information content (AvgIpc) is 2.94. The second kappa shape index (κ2) is 6.01. The van der Waals surface area contributed by atoms with Crippen LogP contribution in [0.2, 0.25) is 0 Å². The predicted molar refractivity (Wildman–Crippen MR) is 73.7 cm³/mol. The van der Waals surface area contributed by atoms with E-state index in [1.54, 1.807) is 0 Å². The maximum Gasteiger partial charge on any atom is 0.253 e. The number of benzene rings is 1. The molecule has 1 N–H and O–H groups in total. The Bertz CT molecular complexity index is 389. The van der Waals surface area contributed by atoms with E-state index in [-0.39, 0.29) is 5.91 Å². The average molecular weight is 246 g/mol. The smallest absolute Gasteiger partial charge is 0.253 e. The molecule has 1 amide bonds. The van der Waals surface area contributed by atoms with Crippen LogP contribution in [0.3, 0.4) is 0 Å². The predicted octanol–water partition coefficient (Wildman–Crippen LogP) is 2.59. The minimum atomic E-state index is 0.130. The van der Waals surface area contributed by atoms with E-state index in [1.807, 2.05) is 30.9 Å². The standard InChI is InChI=1S/C15H22N2O/c1-3-17(4-2)15(18)13-9-7-12(8-10-13)14-6-5-11-16-14/h7-10,14,16H,3-6,11H2,1-2H3/t14-/m0/s1. The molecule has 0 aromatic heterocycles. The molecule has 3 nitrogen and oxygen atoms in total.